The summed E-state index contributed by atoms with van der Waals surface area (Å²) in [6.07, 6.45) is 1.34. The van der Waals surface area contributed by atoms with Crippen LogP contribution in [-0.4, -0.2) is 88.7 Å². The van der Waals surface area contributed by atoms with Crippen LogP contribution in [-0.2, 0) is 30.7 Å². The maximum Gasteiger partial charge on any atom is 0.301 e. The number of hydrogen-bond acceptors (Lipinski definition) is 9. The van der Waals surface area contributed by atoms with Gasteiger partial charge in [-0.15, -0.1) is 0 Å². The number of aliphatic hydroxyl groups excluding tert-OH is 1. The van der Waals surface area contributed by atoms with E-state index in [1.807, 2.05) is 53.1 Å². The predicted octanol–water partition coefficient (Wildman–Crippen LogP) is 6.00. The molecule has 2 aliphatic rings. The van der Waals surface area contributed by atoms with E-state index >= 15 is 0 Å². The van der Waals surface area contributed by atoms with E-state index in [-0.39, 0.29) is 26.0 Å². The van der Waals surface area contributed by atoms with Crippen molar-refractivity contribution in [2.45, 2.75) is 56.8 Å². The highest BCUT2D eigenvalue weighted by Gasteiger charge is 2.49. The Bertz CT molecular complexity index is 1810. The van der Waals surface area contributed by atoms with Crippen LogP contribution in [0.5, 0.6) is 6.01 Å². The van der Waals surface area contributed by atoms with E-state index in [0.29, 0.717) is 40.2 Å². The Labute approximate surface area is 269 Å². The number of benzene rings is 2. The van der Waals surface area contributed by atoms with Crippen LogP contribution in [0.25, 0.3) is 33.5 Å². The minimum absolute atomic E-state index is 0.206. The van der Waals surface area contributed by atoms with E-state index in [2.05, 4.69) is 24.0 Å². The van der Waals surface area contributed by atoms with Crippen LogP contribution in [0, 0.1) is 0 Å². The molecule has 13 heteroatoms. The average Bonchev–Trinajstić information content (AvgIpc) is 3.64. The van der Waals surface area contributed by atoms with Gasteiger partial charge in [-0.1, -0.05) is 67.6 Å². The van der Waals surface area contributed by atoms with E-state index in [4.69, 9.17) is 40.5 Å². The van der Waals surface area contributed by atoms with Crippen LogP contribution < -0.4 is 4.74 Å². The molecule has 6 rings (SSSR count). The van der Waals surface area contributed by atoms with E-state index in [1.54, 1.807) is 18.6 Å². The smallest absolute Gasteiger partial charge is 0.301 e. The summed E-state index contributed by atoms with van der Waals surface area (Å²) < 4.78 is 42.4. The zero-order valence-electron chi connectivity index (χ0n) is 26.1. The Kier molecular flexibility index (Phi) is 9.10. The molecule has 1 N–H and O–H groups in total. The van der Waals surface area contributed by atoms with Crippen molar-refractivity contribution in [2.75, 3.05) is 32.3 Å². The Morgan fingerprint density at radius 1 is 1.02 bits per heavy atom. The summed E-state index contributed by atoms with van der Waals surface area (Å²) in [6, 6.07) is 18.8. The first-order valence-electron chi connectivity index (χ1n) is 15.0. The molecule has 2 fully saturated rings. The van der Waals surface area contributed by atoms with Crippen molar-refractivity contribution in [1.29, 1.82) is 0 Å². The number of fused-ring (bicyclic) bond motifs is 2. The van der Waals surface area contributed by atoms with Crippen molar-refractivity contribution in [3.8, 4) is 28.4 Å². The SMILES string of the molecule is C[Si](C)(C)CCOCn1c(O[C@@H]2CO[C@H]3[C@@H]2OC[C@H]3O)nc2cc(Cl)c(-c3ccc(-c4cccc(N=S(C)(C)=O)c4)cc3)nc21. The highest BCUT2D eigenvalue weighted by Crippen LogP contribution is 2.35. The molecule has 2 saturated heterocycles. The highest BCUT2D eigenvalue weighted by atomic mass is 35.5. The average molecular weight is 671 g/mol. The number of rotatable bonds is 10. The number of ether oxygens (including phenoxy) is 4. The summed E-state index contributed by atoms with van der Waals surface area (Å²) in [5, 5.41) is 10.6. The maximum atomic E-state index is 12.2. The van der Waals surface area contributed by atoms with E-state index < -0.39 is 36.1 Å². The quantitative estimate of drug-likeness (QED) is 0.161. The molecule has 0 bridgehead atoms. The van der Waals surface area contributed by atoms with Crippen LogP contribution in [0.4, 0.5) is 5.69 Å². The Morgan fingerprint density at radius 2 is 1.76 bits per heavy atom. The third-order valence-electron chi connectivity index (χ3n) is 7.76. The second-order valence-electron chi connectivity index (χ2n) is 13.1. The number of aliphatic hydroxyl groups is 1. The zero-order chi connectivity index (χ0) is 31.9. The molecule has 0 aliphatic carbocycles. The molecule has 4 heterocycles. The molecule has 4 aromatic rings. The fraction of sp³-hybridized carbons (Fsp3) is 0.438. The van der Waals surface area contributed by atoms with Gasteiger partial charge >= 0.3 is 6.01 Å². The van der Waals surface area contributed by atoms with Crippen LogP contribution in [0.1, 0.15) is 0 Å². The molecule has 10 nitrogen and oxygen atoms in total. The first-order valence-corrected chi connectivity index (χ1v) is 21.4. The molecule has 0 spiro atoms. The van der Waals surface area contributed by atoms with E-state index in [1.165, 1.54) is 0 Å². The molecule has 2 aromatic carbocycles. The molecule has 2 aromatic heterocycles. The molecule has 45 heavy (non-hydrogen) atoms. The fourth-order valence-corrected chi connectivity index (χ4v) is 7.08. The number of hydrogen-bond donors (Lipinski definition) is 1. The summed E-state index contributed by atoms with van der Waals surface area (Å²) in [6.45, 7) is 8.25. The molecule has 4 atom stereocenters. The van der Waals surface area contributed by atoms with Gasteiger partial charge in [0.1, 0.15) is 30.6 Å². The molecular formula is C32H39ClN4O6SSi. The Balaban J connectivity index is 1.31. The normalized spacial score (nSPS) is 21.8. The molecule has 0 amide bonds. The molecule has 0 saturated carbocycles. The Hall–Kier alpha value is -2.84. The lowest BCUT2D eigenvalue weighted by Gasteiger charge is -2.19. The number of halogens is 1. The van der Waals surface area contributed by atoms with Crippen molar-refractivity contribution in [3.63, 3.8) is 0 Å². The summed E-state index contributed by atoms with van der Waals surface area (Å²) in [5.41, 5.74) is 5.24. The summed E-state index contributed by atoms with van der Waals surface area (Å²) in [7, 11) is -3.55. The van der Waals surface area contributed by atoms with Gasteiger partial charge in [0.15, 0.2) is 11.8 Å². The Morgan fingerprint density at radius 3 is 2.49 bits per heavy atom. The third-order valence-corrected chi connectivity index (χ3v) is 10.4. The van der Waals surface area contributed by atoms with Gasteiger partial charge in [-0.25, -0.2) is 9.19 Å². The number of nitrogens with zero attached hydrogens (tertiary/aromatic N) is 4. The lowest BCUT2D eigenvalue weighted by atomic mass is 10.0. The van der Waals surface area contributed by atoms with Crippen LogP contribution in [0.3, 0.4) is 0 Å². The van der Waals surface area contributed by atoms with Crippen molar-refractivity contribution in [2.24, 2.45) is 4.36 Å². The van der Waals surface area contributed by atoms with E-state index in [0.717, 1.165) is 22.7 Å². The number of pyridine rings is 1. The molecule has 2 aliphatic heterocycles. The zero-order valence-corrected chi connectivity index (χ0v) is 28.7. The van der Waals surface area contributed by atoms with Gasteiger partial charge in [0.25, 0.3) is 0 Å². The van der Waals surface area contributed by atoms with Gasteiger partial charge in [-0.3, -0.25) is 4.57 Å². The summed E-state index contributed by atoms with van der Waals surface area (Å²) in [4.78, 5) is 9.71. The van der Waals surface area contributed by atoms with Gasteiger partial charge < -0.3 is 24.1 Å². The number of imidazole rings is 1. The van der Waals surface area contributed by atoms with Gasteiger partial charge in [-0.05, 0) is 35.4 Å². The highest BCUT2D eigenvalue weighted by molar-refractivity contribution is 7.92. The topological polar surface area (TPSA) is 117 Å². The molecule has 0 unspecified atom stereocenters. The largest absolute Gasteiger partial charge is 0.456 e. The van der Waals surface area contributed by atoms with Gasteiger partial charge in [0, 0.05) is 42.5 Å². The fourth-order valence-electron chi connectivity index (χ4n) is 5.44. The van der Waals surface area contributed by atoms with Gasteiger partial charge in [0.2, 0.25) is 0 Å². The third kappa shape index (κ3) is 7.43. The maximum absolute atomic E-state index is 12.2. The minimum Gasteiger partial charge on any atom is -0.456 e. The predicted molar refractivity (Wildman–Crippen MR) is 179 cm³/mol. The molecular weight excluding hydrogens is 632 g/mol. The number of aromatic nitrogens is 3. The van der Waals surface area contributed by atoms with E-state index in [9.17, 15) is 9.32 Å². The second-order valence-corrected chi connectivity index (χ2v) is 21.6. The lowest BCUT2D eigenvalue weighted by molar-refractivity contribution is 0.00336. The van der Waals surface area contributed by atoms with Crippen molar-refractivity contribution in [1.82, 2.24) is 14.5 Å². The monoisotopic (exact) mass is 670 g/mol. The van der Waals surface area contributed by atoms with Crippen molar-refractivity contribution >= 4 is 46.3 Å². The lowest BCUT2D eigenvalue weighted by Crippen LogP contribution is -2.35. The van der Waals surface area contributed by atoms with Crippen LogP contribution in [0.15, 0.2) is 59.0 Å². The van der Waals surface area contributed by atoms with Crippen LogP contribution >= 0.6 is 11.6 Å². The minimum atomic E-state index is -2.26. The summed E-state index contributed by atoms with van der Waals surface area (Å²) >= 11 is 6.79. The second kappa shape index (κ2) is 12.7. The molecule has 0 radical (unpaired) electrons. The van der Waals surface area contributed by atoms with Gasteiger partial charge in [-0.2, -0.15) is 9.35 Å². The first kappa shape index (κ1) is 32.1. The van der Waals surface area contributed by atoms with Crippen molar-refractivity contribution in [3.05, 3.63) is 59.6 Å². The van der Waals surface area contributed by atoms with Crippen LogP contribution in [0.2, 0.25) is 30.7 Å². The first-order chi connectivity index (χ1) is 21.3. The summed E-state index contributed by atoms with van der Waals surface area (Å²) in [5.74, 6) is 0. The van der Waals surface area contributed by atoms with Crippen molar-refractivity contribution < 1.29 is 28.3 Å². The molecule has 240 valence electrons. The van der Waals surface area contributed by atoms with Gasteiger partial charge in [0.05, 0.1) is 29.6 Å². The standard InChI is InChI=1S/C32H39ClN4O6SSi/c1-44(2,39)36-23-8-6-7-22(15-23)20-9-11-21(12-10-20)28-24(33)16-25-31(35-28)37(19-40-13-14-45(3,4)5)32(34-25)43-27-18-42-29-26(38)17-41-30(27)29/h6-12,15-16,26-27,29-30,38H,13-14,17-19H2,1-5H3/t26-,27-,29-,30-/m1/s1.